The van der Waals surface area contributed by atoms with Gasteiger partial charge in [0, 0.05) is 25.7 Å². The average Bonchev–Trinajstić information content (AvgIpc) is 2.63. The molecule has 0 aromatic heterocycles. The van der Waals surface area contributed by atoms with E-state index in [9.17, 15) is 22.4 Å². The van der Waals surface area contributed by atoms with Crippen molar-refractivity contribution in [1.29, 1.82) is 0 Å². The minimum Gasteiger partial charge on any atom is -0.360 e. The molecule has 3 aliphatic heterocycles. The molecule has 2 fully saturated rings. The van der Waals surface area contributed by atoms with Crippen LogP contribution in [0.15, 0.2) is 47.1 Å². The molecule has 0 spiro atoms. The lowest BCUT2D eigenvalue weighted by Gasteiger charge is -2.63. The van der Waals surface area contributed by atoms with Crippen molar-refractivity contribution in [3.8, 4) is 0 Å². The van der Waals surface area contributed by atoms with Gasteiger partial charge in [0.15, 0.2) is 0 Å². The monoisotopic (exact) mass is 410 g/mol. The first kappa shape index (κ1) is 19.4. The molecule has 2 unspecified atom stereocenters. The van der Waals surface area contributed by atoms with Crippen LogP contribution < -0.4 is 10.4 Å². The van der Waals surface area contributed by atoms with Crippen LogP contribution in [-0.2, 0) is 11.0 Å². The number of benzene rings is 1. The second kappa shape index (κ2) is 7.18. The quantitative estimate of drug-likeness (QED) is 0.447. The molecular formula is C19H18F4N4O2. The van der Waals surface area contributed by atoms with Gasteiger partial charge >= 0.3 is 6.18 Å². The van der Waals surface area contributed by atoms with Crippen molar-refractivity contribution in [2.45, 2.75) is 31.1 Å². The Morgan fingerprint density at radius 3 is 2.55 bits per heavy atom. The van der Waals surface area contributed by atoms with Crippen LogP contribution in [0.4, 0.5) is 23.2 Å². The molecule has 1 aromatic carbocycles. The molecule has 10 heteroatoms. The summed E-state index contributed by atoms with van der Waals surface area (Å²) in [7, 11) is 0. The highest BCUT2D eigenvalue weighted by atomic mass is 19.4. The van der Waals surface area contributed by atoms with Crippen molar-refractivity contribution in [2.75, 3.05) is 18.0 Å². The number of aliphatic imine (C=N–C) groups is 1. The van der Waals surface area contributed by atoms with E-state index in [2.05, 4.69) is 9.89 Å². The molecule has 0 bridgehead atoms. The largest absolute Gasteiger partial charge is 0.416 e. The Kier molecular flexibility index (Phi) is 4.81. The molecular weight excluding hydrogens is 392 g/mol. The number of anilines is 1. The number of halogens is 4. The Morgan fingerprint density at radius 2 is 1.93 bits per heavy atom. The number of piperazine rings is 1. The Morgan fingerprint density at radius 1 is 1.21 bits per heavy atom. The van der Waals surface area contributed by atoms with E-state index in [0.29, 0.717) is 32.0 Å². The van der Waals surface area contributed by atoms with Gasteiger partial charge in [0.25, 0.3) is 5.91 Å². The summed E-state index contributed by atoms with van der Waals surface area (Å²) in [5.41, 5.74) is 0.964. The van der Waals surface area contributed by atoms with Crippen LogP contribution in [0.25, 0.3) is 0 Å². The lowest BCUT2D eigenvalue weighted by atomic mass is 9.84. The highest BCUT2D eigenvalue weighted by Gasteiger charge is 2.53. The first-order valence-electron chi connectivity index (χ1n) is 9.07. The number of rotatable bonds is 2. The Bertz CT molecular complexity index is 925. The number of hydrogen-bond donors (Lipinski definition) is 2. The first-order valence-corrected chi connectivity index (χ1v) is 9.07. The summed E-state index contributed by atoms with van der Waals surface area (Å²) >= 11 is 0. The van der Waals surface area contributed by atoms with E-state index in [-0.39, 0.29) is 23.3 Å². The predicted molar refractivity (Wildman–Crippen MR) is 96.9 cm³/mol. The van der Waals surface area contributed by atoms with Gasteiger partial charge in [-0.3, -0.25) is 10.0 Å². The molecule has 0 radical (unpaired) electrons. The number of nitrogens with zero attached hydrogens (tertiary/aromatic N) is 3. The van der Waals surface area contributed by atoms with E-state index in [0.717, 1.165) is 11.9 Å². The minimum atomic E-state index is -4.58. The van der Waals surface area contributed by atoms with E-state index >= 15 is 0 Å². The maximum absolute atomic E-state index is 14.2. The summed E-state index contributed by atoms with van der Waals surface area (Å²) in [6.07, 6.45) is 1.55. The van der Waals surface area contributed by atoms with Crippen LogP contribution in [0.2, 0.25) is 0 Å². The third-order valence-electron chi connectivity index (χ3n) is 5.48. The summed E-state index contributed by atoms with van der Waals surface area (Å²) in [5.74, 6) is -0.750. The van der Waals surface area contributed by atoms with Gasteiger partial charge in [-0.2, -0.15) is 13.2 Å². The molecule has 4 rings (SSSR count). The van der Waals surface area contributed by atoms with Gasteiger partial charge in [0.2, 0.25) is 0 Å². The van der Waals surface area contributed by atoms with Gasteiger partial charge in [-0.1, -0.05) is 12.2 Å². The van der Waals surface area contributed by atoms with Gasteiger partial charge in [0.05, 0.1) is 28.9 Å². The van der Waals surface area contributed by atoms with Gasteiger partial charge in [-0.15, -0.1) is 0 Å². The summed E-state index contributed by atoms with van der Waals surface area (Å²) in [6.45, 7) is 1.05. The molecule has 29 heavy (non-hydrogen) atoms. The zero-order valence-electron chi connectivity index (χ0n) is 15.2. The van der Waals surface area contributed by atoms with Crippen molar-refractivity contribution < 1.29 is 27.6 Å². The molecule has 6 nitrogen and oxygen atoms in total. The number of alkyl halides is 3. The second-order valence-electron chi connectivity index (χ2n) is 7.12. The Balaban J connectivity index is 1.45. The van der Waals surface area contributed by atoms with Crippen molar-refractivity contribution in [3.05, 3.63) is 53.5 Å². The SMILES string of the molecule is O=C(NO)C1=C/N=C(N2CC3C2CN3c2ccc(C(F)(F)F)cc2F)CC/C=C\1. The number of likely N-dealkylation sites (tertiary alicyclic amines) is 1. The lowest BCUT2D eigenvalue weighted by molar-refractivity contribution is -0.137. The summed E-state index contributed by atoms with van der Waals surface area (Å²) < 4.78 is 52.4. The number of amides is 1. The van der Waals surface area contributed by atoms with Crippen LogP contribution >= 0.6 is 0 Å². The zero-order valence-corrected chi connectivity index (χ0v) is 15.2. The molecule has 0 aliphatic carbocycles. The fraction of sp³-hybridized carbons (Fsp3) is 0.368. The maximum atomic E-state index is 14.2. The number of carbonyl (C=O) groups is 1. The van der Waals surface area contributed by atoms with E-state index in [1.165, 1.54) is 12.3 Å². The predicted octanol–water partition coefficient (Wildman–Crippen LogP) is 2.86. The van der Waals surface area contributed by atoms with Crippen molar-refractivity contribution in [1.82, 2.24) is 10.4 Å². The highest BCUT2D eigenvalue weighted by Crippen LogP contribution is 2.40. The number of hydrogen-bond acceptors (Lipinski definition) is 5. The lowest BCUT2D eigenvalue weighted by Crippen LogP contribution is -2.80. The van der Waals surface area contributed by atoms with Crippen LogP contribution in [-0.4, -0.2) is 47.0 Å². The van der Waals surface area contributed by atoms with Crippen LogP contribution in [0.3, 0.4) is 0 Å². The molecule has 1 amide bonds. The smallest absolute Gasteiger partial charge is 0.360 e. The topological polar surface area (TPSA) is 68.2 Å². The highest BCUT2D eigenvalue weighted by molar-refractivity contribution is 5.96. The normalized spacial score (nSPS) is 26.7. The van der Waals surface area contributed by atoms with Gasteiger partial charge in [-0.05, 0) is 24.6 Å². The van der Waals surface area contributed by atoms with Crippen LogP contribution in [0.5, 0.6) is 0 Å². The number of allylic oxidation sites excluding steroid dienone is 1. The fourth-order valence-corrected chi connectivity index (χ4v) is 3.83. The minimum absolute atomic E-state index is 0.00844. The standard InChI is InChI=1S/C19H18F4N4O2/c20-13-7-12(19(21,22)23)5-6-14(13)26-9-16-15(26)10-27(16)17-4-2-1-3-11(8-24-17)18(28)25-29/h1,3,5-8,15-16,29H,2,4,9-10H2,(H,25,28)/b3-1-,11-8+,24-17?. The number of fused-ring (bicyclic) bond motifs is 1. The molecule has 3 aliphatic rings. The maximum Gasteiger partial charge on any atom is 0.416 e. The number of carbonyl (C=O) groups excluding carboxylic acids is 1. The first-order chi connectivity index (χ1) is 13.8. The number of amidine groups is 1. The molecule has 154 valence electrons. The zero-order chi connectivity index (χ0) is 20.8. The van der Waals surface area contributed by atoms with Crippen molar-refractivity contribution >= 4 is 17.4 Å². The fourth-order valence-electron chi connectivity index (χ4n) is 3.83. The molecule has 2 N–H and O–H groups in total. The van der Waals surface area contributed by atoms with Gasteiger partial charge < -0.3 is 9.80 Å². The molecule has 3 heterocycles. The molecule has 0 saturated carbocycles. The van der Waals surface area contributed by atoms with E-state index in [4.69, 9.17) is 5.21 Å². The second-order valence-corrected chi connectivity index (χ2v) is 7.12. The summed E-state index contributed by atoms with van der Waals surface area (Å²) in [5, 5.41) is 8.76. The third-order valence-corrected chi connectivity index (χ3v) is 5.48. The average molecular weight is 410 g/mol. The van der Waals surface area contributed by atoms with Crippen LogP contribution in [0, 0.1) is 5.82 Å². The van der Waals surface area contributed by atoms with E-state index in [1.54, 1.807) is 16.5 Å². The van der Waals surface area contributed by atoms with Crippen molar-refractivity contribution in [3.63, 3.8) is 0 Å². The Hall–Kier alpha value is -2.88. The Labute approximate surface area is 163 Å². The molecule has 1 aromatic rings. The molecule has 2 saturated heterocycles. The third kappa shape index (κ3) is 3.48. The van der Waals surface area contributed by atoms with Crippen LogP contribution in [0.1, 0.15) is 18.4 Å². The van der Waals surface area contributed by atoms with Gasteiger partial charge in [0.1, 0.15) is 11.7 Å². The number of hydroxylamine groups is 1. The number of nitrogens with one attached hydrogen (secondary N) is 1. The van der Waals surface area contributed by atoms with Crippen molar-refractivity contribution in [2.24, 2.45) is 4.99 Å². The summed E-state index contributed by atoms with van der Waals surface area (Å²) in [6, 6.07) is 2.71. The molecule has 2 atom stereocenters. The van der Waals surface area contributed by atoms with Gasteiger partial charge in [-0.25, -0.2) is 14.9 Å². The van der Waals surface area contributed by atoms with E-state index < -0.39 is 23.5 Å². The summed E-state index contributed by atoms with van der Waals surface area (Å²) in [4.78, 5) is 19.8. The van der Waals surface area contributed by atoms with E-state index in [1.807, 2.05) is 6.08 Å².